The van der Waals surface area contributed by atoms with Crippen LogP contribution in [0.5, 0.6) is 5.75 Å². The molecule has 134 valence electrons. The van der Waals surface area contributed by atoms with Crippen molar-refractivity contribution >= 4 is 35.3 Å². The predicted molar refractivity (Wildman–Crippen MR) is 94.7 cm³/mol. The van der Waals surface area contributed by atoms with Crippen LogP contribution in [0.15, 0.2) is 53.4 Å². The van der Waals surface area contributed by atoms with Crippen LogP contribution in [0.1, 0.15) is 0 Å². The molecule has 0 aliphatic carbocycles. The van der Waals surface area contributed by atoms with E-state index in [9.17, 15) is 18.8 Å². The van der Waals surface area contributed by atoms with Gasteiger partial charge in [-0.3, -0.25) is 14.5 Å². The van der Waals surface area contributed by atoms with E-state index in [1.54, 1.807) is 30.3 Å². The highest BCUT2D eigenvalue weighted by Crippen LogP contribution is 2.26. The fraction of sp³-hybridized carbons (Fsp3) is 0.167. The standard InChI is InChI=1S/C18H15FN2O4S/c1-25-13-8-6-12(7-9-13)21-17(23)16(22)20(18(21)24)10-11-26-15-5-3-2-4-14(15)19/h2-9H,10-11H2,1H3. The molecule has 0 saturated carbocycles. The van der Waals surface area contributed by atoms with E-state index in [-0.39, 0.29) is 18.1 Å². The van der Waals surface area contributed by atoms with Crippen molar-refractivity contribution in [2.24, 2.45) is 0 Å². The second-order valence-corrected chi connectivity index (χ2v) is 6.49. The van der Waals surface area contributed by atoms with Crippen LogP contribution in [0, 0.1) is 5.82 Å². The molecular formula is C18H15FN2O4S. The van der Waals surface area contributed by atoms with Crippen LogP contribution in [-0.4, -0.2) is 42.2 Å². The Morgan fingerprint density at radius 1 is 1.00 bits per heavy atom. The Labute approximate surface area is 153 Å². The number of hydrogen-bond acceptors (Lipinski definition) is 5. The second kappa shape index (κ2) is 7.57. The van der Waals surface area contributed by atoms with Crippen molar-refractivity contribution in [1.29, 1.82) is 0 Å². The lowest BCUT2D eigenvalue weighted by atomic mass is 10.3. The summed E-state index contributed by atoms with van der Waals surface area (Å²) in [6, 6.07) is 11.8. The fourth-order valence-corrected chi connectivity index (χ4v) is 3.34. The predicted octanol–water partition coefficient (Wildman–Crippen LogP) is 2.92. The highest BCUT2D eigenvalue weighted by molar-refractivity contribution is 7.99. The van der Waals surface area contributed by atoms with Gasteiger partial charge in [-0.05, 0) is 36.4 Å². The van der Waals surface area contributed by atoms with Crippen LogP contribution in [0.3, 0.4) is 0 Å². The molecule has 4 amide bonds. The van der Waals surface area contributed by atoms with Crippen LogP contribution in [0.25, 0.3) is 0 Å². The number of halogens is 1. The minimum atomic E-state index is -0.906. The van der Waals surface area contributed by atoms with Gasteiger partial charge in [-0.15, -0.1) is 11.8 Å². The van der Waals surface area contributed by atoms with Gasteiger partial charge in [0.15, 0.2) is 0 Å². The molecule has 2 aromatic carbocycles. The Morgan fingerprint density at radius 3 is 2.35 bits per heavy atom. The Hall–Kier alpha value is -2.87. The van der Waals surface area contributed by atoms with E-state index in [0.717, 1.165) is 9.80 Å². The Bertz CT molecular complexity index is 857. The van der Waals surface area contributed by atoms with E-state index in [1.165, 1.54) is 37.1 Å². The summed E-state index contributed by atoms with van der Waals surface area (Å²) in [4.78, 5) is 38.9. The number of anilines is 1. The van der Waals surface area contributed by atoms with Gasteiger partial charge in [0.1, 0.15) is 11.6 Å². The molecule has 1 aliphatic heterocycles. The third-order valence-electron chi connectivity index (χ3n) is 3.79. The number of carbonyl (C=O) groups excluding carboxylic acids is 3. The monoisotopic (exact) mass is 374 g/mol. The molecule has 0 N–H and O–H groups in total. The summed E-state index contributed by atoms with van der Waals surface area (Å²) in [7, 11) is 1.50. The number of amides is 4. The van der Waals surface area contributed by atoms with Gasteiger partial charge < -0.3 is 4.74 Å². The van der Waals surface area contributed by atoms with Crippen molar-refractivity contribution in [2.75, 3.05) is 24.3 Å². The van der Waals surface area contributed by atoms with Gasteiger partial charge in [-0.25, -0.2) is 14.1 Å². The maximum atomic E-state index is 13.6. The van der Waals surface area contributed by atoms with E-state index in [2.05, 4.69) is 0 Å². The molecule has 2 aromatic rings. The molecule has 1 fully saturated rings. The smallest absolute Gasteiger partial charge is 0.338 e. The van der Waals surface area contributed by atoms with Crippen molar-refractivity contribution in [3.05, 3.63) is 54.3 Å². The fourth-order valence-electron chi connectivity index (χ4n) is 2.47. The summed E-state index contributed by atoms with van der Waals surface area (Å²) in [6.45, 7) is 0.00899. The van der Waals surface area contributed by atoms with Gasteiger partial charge in [0, 0.05) is 17.2 Å². The number of thioether (sulfide) groups is 1. The van der Waals surface area contributed by atoms with Crippen molar-refractivity contribution in [3.63, 3.8) is 0 Å². The third-order valence-corrected chi connectivity index (χ3v) is 4.82. The molecule has 8 heteroatoms. The zero-order valence-electron chi connectivity index (χ0n) is 13.8. The molecule has 0 bridgehead atoms. The molecule has 1 aliphatic rings. The minimum Gasteiger partial charge on any atom is -0.497 e. The van der Waals surface area contributed by atoms with Crippen molar-refractivity contribution in [1.82, 2.24) is 4.90 Å². The third kappa shape index (κ3) is 3.41. The Balaban J connectivity index is 1.69. The number of methoxy groups -OCH3 is 1. The number of benzene rings is 2. The normalized spacial score (nSPS) is 14.3. The molecule has 1 saturated heterocycles. The maximum Gasteiger partial charge on any atom is 0.338 e. The largest absolute Gasteiger partial charge is 0.497 e. The van der Waals surface area contributed by atoms with Gasteiger partial charge in [-0.1, -0.05) is 12.1 Å². The first-order valence-electron chi connectivity index (χ1n) is 7.74. The highest BCUT2D eigenvalue weighted by Gasteiger charge is 2.45. The summed E-state index contributed by atoms with van der Waals surface area (Å²) in [5.74, 6) is -1.32. The molecular weight excluding hydrogens is 359 g/mol. The van der Waals surface area contributed by atoms with E-state index >= 15 is 0 Å². The van der Waals surface area contributed by atoms with Gasteiger partial charge in [0.2, 0.25) is 0 Å². The lowest BCUT2D eigenvalue weighted by Gasteiger charge is -2.15. The summed E-state index contributed by atoms with van der Waals surface area (Å²) in [6.07, 6.45) is 0. The van der Waals surface area contributed by atoms with Gasteiger partial charge >= 0.3 is 17.8 Å². The molecule has 1 heterocycles. The number of carbonyl (C=O) groups is 3. The SMILES string of the molecule is COc1ccc(N2C(=O)C(=O)N(CCSc3ccccc3F)C2=O)cc1. The van der Waals surface area contributed by atoms with Crippen LogP contribution in [0.2, 0.25) is 0 Å². The van der Waals surface area contributed by atoms with E-state index in [1.807, 2.05) is 0 Å². The molecule has 0 radical (unpaired) electrons. The molecule has 0 unspecified atom stereocenters. The molecule has 0 spiro atoms. The lowest BCUT2D eigenvalue weighted by Crippen LogP contribution is -2.34. The summed E-state index contributed by atoms with van der Waals surface area (Å²) in [5.41, 5.74) is 0.290. The second-order valence-electron chi connectivity index (χ2n) is 5.36. The van der Waals surface area contributed by atoms with E-state index in [0.29, 0.717) is 16.3 Å². The number of imide groups is 2. The van der Waals surface area contributed by atoms with Gasteiger partial charge in [-0.2, -0.15) is 0 Å². The average molecular weight is 374 g/mol. The number of rotatable bonds is 6. The zero-order chi connectivity index (χ0) is 18.7. The first kappa shape index (κ1) is 17.9. The molecule has 26 heavy (non-hydrogen) atoms. The molecule has 3 rings (SSSR count). The first-order valence-corrected chi connectivity index (χ1v) is 8.73. The first-order chi connectivity index (χ1) is 12.5. The lowest BCUT2D eigenvalue weighted by molar-refractivity contribution is -0.139. The van der Waals surface area contributed by atoms with Crippen LogP contribution in [-0.2, 0) is 9.59 Å². The van der Waals surface area contributed by atoms with Crippen LogP contribution >= 0.6 is 11.8 Å². The highest BCUT2D eigenvalue weighted by atomic mass is 32.2. The Kier molecular flexibility index (Phi) is 5.22. The number of hydrogen-bond donors (Lipinski definition) is 0. The molecule has 6 nitrogen and oxygen atoms in total. The number of urea groups is 1. The average Bonchev–Trinajstić information content (AvgIpc) is 2.86. The number of nitrogens with zero attached hydrogens (tertiary/aromatic N) is 2. The topological polar surface area (TPSA) is 66.9 Å². The van der Waals surface area contributed by atoms with Crippen molar-refractivity contribution in [3.8, 4) is 5.75 Å². The quantitative estimate of drug-likeness (QED) is 0.442. The minimum absolute atomic E-state index is 0.00899. The molecule has 0 aromatic heterocycles. The van der Waals surface area contributed by atoms with Crippen molar-refractivity contribution < 1.29 is 23.5 Å². The Morgan fingerprint density at radius 2 is 1.69 bits per heavy atom. The van der Waals surface area contributed by atoms with E-state index < -0.39 is 17.8 Å². The zero-order valence-corrected chi connectivity index (χ0v) is 14.7. The maximum absolute atomic E-state index is 13.6. The van der Waals surface area contributed by atoms with Crippen LogP contribution < -0.4 is 9.64 Å². The van der Waals surface area contributed by atoms with E-state index in [4.69, 9.17) is 4.74 Å². The number of ether oxygens (including phenoxy) is 1. The summed E-state index contributed by atoms with van der Waals surface area (Å²) in [5, 5.41) is 0. The van der Waals surface area contributed by atoms with Crippen LogP contribution in [0.4, 0.5) is 14.9 Å². The summed E-state index contributed by atoms with van der Waals surface area (Å²) < 4.78 is 18.6. The van der Waals surface area contributed by atoms with Gasteiger partial charge in [0.05, 0.1) is 12.8 Å². The summed E-state index contributed by atoms with van der Waals surface area (Å²) >= 11 is 1.17. The molecule has 0 atom stereocenters. The van der Waals surface area contributed by atoms with Gasteiger partial charge in [0.25, 0.3) is 0 Å². The van der Waals surface area contributed by atoms with Crippen molar-refractivity contribution in [2.45, 2.75) is 4.90 Å².